The van der Waals surface area contributed by atoms with Crippen molar-refractivity contribution in [3.63, 3.8) is 0 Å². The second-order valence-corrected chi connectivity index (χ2v) is 3.15. The molecule has 0 bridgehead atoms. The molecule has 1 aliphatic heterocycles. The highest BCUT2D eigenvalue weighted by Crippen LogP contribution is 2.09. The summed E-state index contributed by atoms with van der Waals surface area (Å²) in [7, 11) is 1.96. The average Bonchev–Trinajstić information content (AvgIpc) is 2.31. The van der Waals surface area contributed by atoms with Crippen LogP contribution >= 0.6 is 0 Å². The first-order valence-electron chi connectivity index (χ1n) is 5.43. The Labute approximate surface area is 86.8 Å². The molecule has 4 nitrogen and oxygen atoms in total. The zero-order valence-electron chi connectivity index (χ0n) is 9.55. The maximum Gasteiger partial charge on any atom is 0.236 e. The van der Waals surface area contributed by atoms with Crippen LogP contribution in [-0.2, 0) is 4.79 Å². The van der Waals surface area contributed by atoms with E-state index in [1.54, 1.807) is 0 Å². The van der Waals surface area contributed by atoms with E-state index in [9.17, 15) is 4.79 Å². The highest BCUT2D eigenvalue weighted by Gasteiger charge is 2.20. The molecule has 0 aromatic rings. The third kappa shape index (κ3) is 4.07. The predicted molar refractivity (Wildman–Crippen MR) is 59.1 cm³/mol. The lowest BCUT2D eigenvalue weighted by Gasteiger charge is -2.31. The fourth-order valence-electron chi connectivity index (χ4n) is 1.55. The van der Waals surface area contributed by atoms with E-state index in [2.05, 4.69) is 5.32 Å². The molecule has 0 aromatic carbocycles. The van der Waals surface area contributed by atoms with Crippen molar-refractivity contribution in [2.45, 2.75) is 32.7 Å². The summed E-state index contributed by atoms with van der Waals surface area (Å²) in [5, 5.41) is 3.21. The minimum absolute atomic E-state index is 0.0737. The second kappa shape index (κ2) is 7.76. The van der Waals surface area contributed by atoms with Gasteiger partial charge in [-0.3, -0.25) is 4.79 Å². The Morgan fingerprint density at radius 2 is 1.93 bits per heavy atom. The molecule has 1 saturated heterocycles. The fourth-order valence-corrected chi connectivity index (χ4v) is 1.55. The lowest BCUT2D eigenvalue weighted by Crippen LogP contribution is -2.45. The van der Waals surface area contributed by atoms with Crippen LogP contribution in [0.25, 0.3) is 0 Å². The molecule has 0 radical (unpaired) electrons. The van der Waals surface area contributed by atoms with Crippen molar-refractivity contribution in [2.24, 2.45) is 5.73 Å². The molecule has 14 heavy (non-hydrogen) atoms. The van der Waals surface area contributed by atoms with Gasteiger partial charge in [-0.1, -0.05) is 13.8 Å². The van der Waals surface area contributed by atoms with Crippen molar-refractivity contribution in [3.05, 3.63) is 0 Å². The molecule has 0 aromatic heterocycles. The van der Waals surface area contributed by atoms with E-state index in [1.807, 2.05) is 25.8 Å². The Morgan fingerprint density at radius 1 is 1.43 bits per heavy atom. The first-order chi connectivity index (χ1) is 6.77. The molecule has 0 spiro atoms. The Kier molecular flexibility index (Phi) is 7.42. The molecule has 1 fully saturated rings. The molecule has 1 rings (SSSR count). The van der Waals surface area contributed by atoms with Crippen LogP contribution in [0.15, 0.2) is 0 Å². The van der Waals surface area contributed by atoms with Gasteiger partial charge in [-0.2, -0.15) is 0 Å². The Bertz CT molecular complexity index is 153. The van der Waals surface area contributed by atoms with Crippen LogP contribution in [-0.4, -0.2) is 43.5 Å². The van der Waals surface area contributed by atoms with Crippen LogP contribution in [0.2, 0.25) is 0 Å². The van der Waals surface area contributed by atoms with Gasteiger partial charge in [-0.25, -0.2) is 0 Å². The number of hydrogen-bond donors (Lipinski definition) is 2. The van der Waals surface area contributed by atoms with Gasteiger partial charge in [0.05, 0.1) is 6.54 Å². The van der Waals surface area contributed by atoms with E-state index in [0.717, 1.165) is 25.9 Å². The quantitative estimate of drug-likeness (QED) is 0.670. The van der Waals surface area contributed by atoms with Crippen molar-refractivity contribution in [2.75, 3.05) is 26.7 Å². The van der Waals surface area contributed by atoms with Crippen LogP contribution in [0.4, 0.5) is 0 Å². The van der Waals surface area contributed by atoms with E-state index < -0.39 is 0 Å². The number of hydrogen-bond acceptors (Lipinski definition) is 3. The Morgan fingerprint density at radius 3 is 2.29 bits per heavy atom. The standard InChI is InChI=1S/C8H17N3O.C2H6/c1-10-7-2-4-11(5-3-7)8(12)6-9;1-2/h7,10H,2-6,9H2,1H3;1-2H3. The third-order valence-electron chi connectivity index (χ3n) is 2.43. The zero-order valence-corrected chi connectivity index (χ0v) is 9.55. The Balaban J connectivity index is 0.000000791. The van der Waals surface area contributed by atoms with Gasteiger partial charge in [0.2, 0.25) is 5.91 Å². The molecule has 1 amide bonds. The van der Waals surface area contributed by atoms with Gasteiger partial charge in [-0.15, -0.1) is 0 Å². The largest absolute Gasteiger partial charge is 0.341 e. The van der Waals surface area contributed by atoms with Gasteiger partial charge in [0.1, 0.15) is 0 Å². The summed E-state index contributed by atoms with van der Waals surface area (Å²) >= 11 is 0. The Hall–Kier alpha value is -0.610. The topological polar surface area (TPSA) is 58.4 Å². The lowest BCUT2D eigenvalue weighted by atomic mass is 10.1. The van der Waals surface area contributed by atoms with Crippen molar-refractivity contribution in [1.82, 2.24) is 10.2 Å². The number of piperidine rings is 1. The van der Waals surface area contributed by atoms with Crippen LogP contribution in [0, 0.1) is 0 Å². The molecule has 0 saturated carbocycles. The SMILES string of the molecule is CC.CNC1CCN(C(=O)CN)CC1. The molecule has 3 N–H and O–H groups in total. The summed E-state index contributed by atoms with van der Waals surface area (Å²) in [5.41, 5.74) is 5.26. The maximum absolute atomic E-state index is 11.1. The highest BCUT2D eigenvalue weighted by atomic mass is 16.2. The molecule has 4 heteroatoms. The highest BCUT2D eigenvalue weighted by molar-refractivity contribution is 5.78. The molecular weight excluding hydrogens is 178 g/mol. The number of nitrogens with one attached hydrogen (secondary N) is 1. The van der Waals surface area contributed by atoms with Crippen molar-refractivity contribution in [1.29, 1.82) is 0 Å². The third-order valence-corrected chi connectivity index (χ3v) is 2.43. The normalized spacial score (nSPS) is 17.3. The van der Waals surface area contributed by atoms with Crippen molar-refractivity contribution >= 4 is 5.91 Å². The number of likely N-dealkylation sites (tertiary alicyclic amines) is 1. The zero-order chi connectivity index (χ0) is 11.0. The minimum atomic E-state index is 0.0737. The summed E-state index contributed by atoms with van der Waals surface area (Å²) in [6.07, 6.45) is 2.09. The van der Waals surface area contributed by atoms with E-state index in [-0.39, 0.29) is 12.5 Å². The summed E-state index contributed by atoms with van der Waals surface area (Å²) in [6.45, 7) is 5.84. The fraction of sp³-hybridized carbons (Fsp3) is 0.900. The maximum atomic E-state index is 11.1. The van der Waals surface area contributed by atoms with Crippen LogP contribution in [0.5, 0.6) is 0 Å². The number of carbonyl (C=O) groups excluding carboxylic acids is 1. The molecule has 84 valence electrons. The second-order valence-electron chi connectivity index (χ2n) is 3.15. The van der Waals surface area contributed by atoms with Gasteiger partial charge in [0, 0.05) is 19.1 Å². The first-order valence-corrected chi connectivity index (χ1v) is 5.43. The molecule has 0 aliphatic carbocycles. The van der Waals surface area contributed by atoms with E-state index in [0.29, 0.717) is 6.04 Å². The van der Waals surface area contributed by atoms with Crippen molar-refractivity contribution in [3.8, 4) is 0 Å². The number of rotatable bonds is 2. The molecular formula is C10H23N3O. The number of nitrogens with two attached hydrogens (primary N) is 1. The van der Waals surface area contributed by atoms with E-state index in [4.69, 9.17) is 5.73 Å². The summed E-state index contributed by atoms with van der Waals surface area (Å²) in [6, 6.07) is 0.576. The van der Waals surface area contributed by atoms with Crippen molar-refractivity contribution < 1.29 is 4.79 Å². The lowest BCUT2D eigenvalue weighted by molar-refractivity contribution is -0.130. The minimum Gasteiger partial charge on any atom is -0.341 e. The number of carbonyl (C=O) groups is 1. The smallest absolute Gasteiger partial charge is 0.236 e. The van der Waals surface area contributed by atoms with Gasteiger partial charge < -0.3 is 16.0 Å². The number of nitrogens with zero attached hydrogens (tertiary/aromatic N) is 1. The predicted octanol–water partition coefficient (Wildman–Crippen LogP) is 0.182. The molecule has 0 unspecified atom stereocenters. The van der Waals surface area contributed by atoms with Gasteiger partial charge in [0.15, 0.2) is 0 Å². The molecule has 1 heterocycles. The average molecular weight is 201 g/mol. The first kappa shape index (κ1) is 13.4. The molecule has 1 aliphatic rings. The summed E-state index contributed by atoms with van der Waals surface area (Å²) in [5.74, 6) is 0.0737. The van der Waals surface area contributed by atoms with Crippen LogP contribution < -0.4 is 11.1 Å². The van der Waals surface area contributed by atoms with E-state index >= 15 is 0 Å². The summed E-state index contributed by atoms with van der Waals surface area (Å²) in [4.78, 5) is 13.0. The monoisotopic (exact) mass is 201 g/mol. The van der Waals surface area contributed by atoms with E-state index in [1.165, 1.54) is 0 Å². The van der Waals surface area contributed by atoms with Crippen LogP contribution in [0.1, 0.15) is 26.7 Å². The molecule has 0 atom stereocenters. The summed E-state index contributed by atoms with van der Waals surface area (Å²) < 4.78 is 0. The number of amides is 1. The van der Waals surface area contributed by atoms with Gasteiger partial charge in [0.25, 0.3) is 0 Å². The van der Waals surface area contributed by atoms with Gasteiger partial charge >= 0.3 is 0 Å². The van der Waals surface area contributed by atoms with Crippen LogP contribution in [0.3, 0.4) is 0 Å². The van der Waals surface area contributed by atoms with Gasteiger partial charge in [-0.05, 0) is 19.9 Å².